The average Bonchev–Trinajstić information content (AvgIpc) is 3.08. The van der Waals surface area contributed by atoms with Crippen molar-refractivity contribution >= 4 is 20.0 Å². The molecule has 2 aromatic rings. The van der Waals surface area contributed by atoms with Crippen molar-refractivity contribution in [3.05, 3.63) is 91.1 Å². The summed E-state index contributed by atoms with van der Waals surface area (Å²) >= 11 is -0.299. The SMILES string of the molecule is CC1=C(C)C(C)(C)[C]([Ti+2][CH]2C(Pc3ccccc3C)=Cc3ccccc32)=C1C.[F-].[F-]. The van der Waals surface area contributed by atoms with Crippen molar-refractivity contribution < 1.29 is 28.6 Å². The second-order valence-electron chi connectivity index (χ2n) is 8.62. The predicted molar refractivity (Wildman–Crippen MR) is 121 cm³/mol. The van der Waals surface area contributed by atoms with Gasteiger partial charge in [0.1, 0.15) is 0 Å². The molecule has 0 fully saturated rings. The maximum Gasteiger partial charge on any atom is -1.00 e. The minimum Gasteiger partial charge on any atom is -1.00 e. The molecule has 4 heteroatoms. The summed E-state index contributed by atoms with van der Waals surface area (Å²) in [6, 6.07) is 18.0. The molecule has 2 aliphatic rings. The second kappa shape index (κ2) is 9.43. The molecule has 2 atom stereocenters. The molecule has 0 amide bonds. The maximum absolute atomic E-state index is 2.50. The summed E-state index contributed by atoms with van der Waals surface area (Å²) in [6.07, 6.45) is 2.50. The molecule has 0 heterocycles. The zero-order valence-corrected chi connectivity index (χ0v) is 21.1. The van der Waals surface area contributed by atoms with Gasteiger partial charge in [0.2, 0.25) is 0 Å². The third-order valence-corrected chi connectivity index (χ3v) is 12.1. The van der Waals surface area contributed by atoms with E-state index in [1.165, 1.54) is 22.0 Å². The number of allylic oxidation sites excluding steroid dienone is 5. The average molecular weight is 458 g/mol. The van der Waals surface area contributed by atoms with E-state index in [4.69, 9.17) is 0 Å². The van der Waals surface area contributed by atoms with Crippen LogP contribution in [0.15, 0.2) is 74.4 Å². The molecule has 4 rings (SSSR count). The summed E-state index contributed by atoms with van der Waals surface area (Å²) in [6.45, 7) is 14.1. The van der Waals surface area contributed by atoms with E-state index in [-0.39, 0.29) is 34.0 Å². The summed E-state index contributed by atoms with van der Waals surface area (Å²) in [5.74, 6) is 0. The van der Waals surface area contributed by atoms with Gasteiger partial charge in [0.25, 0.3) is 0 Å². The molecule has 0 N–H and O–H groups in total. The third kappa shape index (κ3) is 4.20. The van der Waals surface area contributed by atoms with Crippen LogP contribution in [0.4, 0.5) is 0 Å². The number of hydrogen-bond acceptors (Lipinski definition) is 0. The van der Waals surface area contributed by atoms with Crippen molar-refractivity contribution in [3.8, 4) is 0 Å². The Balaban J connectivity index is 0.00000160. The van der Waals surface area contributed by atoms with E-state index >= 15 is 0 Å². The molecule has 0 spiro atoms. The van der Waals surface area contributed by atoms with E-state index in [0.717, 1.165) is 8.58 Å². The number of hydrogen-bond donors (Lipinski definition) is 0. The Morgan fingerprint density at radius 3 is 2.10 bits per heavy atom. The van der Waals surface area contributed by atoms with Crippen LogP contribution in [0, 0.1) is 12.3 Å². The fourth-order valence-electron chi connectivity index (χ4n) is 4.48. The zero-order valence-electron chi connectivity index (χ0n) is 18.5. The molecule has 0 bridgehead atoms. The first-order valence-electron chi connectivity index (χ1n) is 10.1. The van der Waals surface area contributed by atoms with Crippen molar-refractivity contribution in [2.24, 2.45) is 5.41 Å². The van der Waals surface area contributed by atoms with Crippen LogP contribution in [0.5, 0.6) is 0 Å². The molecule has 0 nitrogen and oxygen atoms in total. The molecule has 156 valence electrons. The first-order valence-corrected chi connectivity index (χ1v) is 12.8. The Labute approximate surface area is 190 Å². The topological polar surface area (TPSA) is 0 Å². The number of fused-ring (bicyclic) bond motifs is 1. The Morgan fingerprint density at radius 1 is 0.833 bits per heavy atom. The van der Waals surface area contributed by atoms with E-state index in [2.05, 4.69) is 96.1 Å². The second-order valence-corrected chi connectivity index (χ2v) is 12.1. The quantitative estimate of drug-likeness (QED) is 0.477. The first-order chi connectivity index (χ1) is 13.3. The van der Waals surface area contributed by atoms with E-state index < -0.39 is 0 Å². The third-order valence-electron chi connectivity index (χ3n) is 6.70. The summed E-state index contributed by atoms with van der Waals surface area (Å²) in [5.41, 5.74) is 9.33. The van der Waals surface area contributed by atoms with Gasteiger partial charge in [-0.3, -0.25) is 0 Å². The molecule has 0 saturated heterocycles. The van der Waals surface area contributed by atoms with E-state index in [1.54, 1.807) is 25.9 Å². The van der Waals surface area contributed by atoms with Crippen molar-refractivity contribution in [1.29, 1.82) is 0 Å². The van der Waals surface area contributed by atoms with Crippen LogP contribution < -0.4 is 14.7 Å². The van der Waals surface area contributed by atoms with Crippen LogP contribution in [-0.2, 0) is 19.2 Å². The number of rotatable bonds is 4. The van der Waals surface area contributed by atoms with Gasteiger partial charge in [-0.1, -0.05) is 0 Å². The smallest absolute Gasteiger partial charge is 1.00 e. The van der Waals surface area contributed by atoms with Crippen molar-refractivity contribution in [2.75, 3.05) is 0 Å². The molecular formula is C26H29F2PTi. The standard InChI is InChI=1S/C16H14P.C10H15.2FH.Ti/c1-12-6-2-5-9-16(12)17-15-10-13-7-3-4-8-14(13)11-15;1-7-6-10(4,5)9(3)8(7)2;;;/h2-11,17H,1H3;1-5H3;2*1H;/q;;;;+2/p-2. The monoisotopic (exact) mass is 458 g/mol. The van der Waals surface area contributed by atoms with Crippen molar-refractivity contribution in [1.82, 2.24) is 0 Å². The van der Waals surface area contributed by atoms with Gasteiger partial charge in [0.05, 0.1) is 0 Å². The van der Waals surface area contributed by atoms with Crippen LogP contribution in [0.2, 0.25) is 0 Å². The van der Waals surface area contributed by atoms with Gasteiger partial charge in [-0.2, -0.15) is 0 Å². The van der Waals surface area contributed by atoms with Gasteiger partial charge < -0.3 is 9.41 Å². The van der Waals surface area contributed by atoms with E-state index in [9.17, 15) is 0 Å². The number of aryl methyl sites for hydroxylation is 1. The molecule has 0 saturated carbocycles. The molecule has 0 aliphatic heterocycles. The molecule has 2 unspecified atom stereocenters. The summed E-state index contributed by atoms with van der Waals surface area (Å²) in [7, 11) is 0.774. The Morgan fingerprint density at radius 2 is 1.47 bits per heavy atom. The van der Waals surface area contributed by atoms with Gasteiger partial charge in [-0.15, -0.1) is 0 Å². The van der Waals surface area contributed by atoms with Gasteiger partial charge in [-0.25, -0.2) is 0 Å². The van der Waals surface area contributed by atoms with Crippen LogP contribution in [-0.4, -0.2) is 0 Å². The van der Waals surface area contributed by atoms with Gasteiger partial charge >= 0.3 is 181 Å². The molecule has 0 aromatic heterocycles. The normalized spacial score (nSPS) is 19.4. The van der Waals surface area contributed by atoms with Gasteiger partial charge in [0.15, 0.2) is 0 Å². The van der Waals surface area contributed by atoms with E-state index in [0.29, 0.717) is 4.22 Å². The Kier molecular flexibility index (Phi) is 7.84. The maximum atomic E-state index is 2.50. The minimum absolute atomic E-state index is 0. The largest absolute Gasteiger partial charge is 1.00 e. The number of halogens is 2. The zero-order chi connectivity index (χ0) is 20.1. The fraction of sp³-hybridized carbons (Fsp3) is 0.308. The molecule has 0 radical (unpaired) electrons. The van der Waals surface area contributed by atoms with Gasteiger partial charge in [0, 0.05) is 0 Å². The van der Waals surface area contributed by atoms with Crippen LogP contribution in [0.3, 0.4) is 0 Å². The molecule has 2 aliphatic carbocycles. The minimum atomic E-state index is -0.299. The molecule has 2 aromatic carbocycles. The van der Waals surface area contributed by atoms with Gasteiger partial charge in [-0.05, 0) is 0 Å². The first kappa shape index (κ1) is 24.9. The molecular weight excluding hydrogens is 429 g/mol. The Bertz CT molecular complexity index is 1050. The van der Waals surface area contributed by atoms with E-state index in [1.807, 2.05) is 0 Å². The van der Waals surface area contributed by atoms with Crippen molar-refractivity contribution in [2.45, 2.75) is 45.8 Å². The Hall–Kier alpha value is -1.34. The van der Waals surface area contributed by atoms with Crippen molar-refractivity contribution in [3.63, 3.8) is 0 Å². The molecule has 30 heavy (non-hydrogen) atoms. The predicted octanol–water partition coefficient (Wildman–Crippen LogP) is 1.14. The van der Waals surface area contributed by atoms with Crippen LogP contribution >= 0.6 is 8.58 Å². The summed E-state index contributed by atoms with van der Waals surface area (Å²) < 4.78 is 2.38. The summed E-state index contributed by atoms with van der Waals surface area (Å²) in [4.78, 5) is 0. The summed E-state index contributed by atoms with van der Waals surface area (Å²) in [5, 5.41) is 3.15. The van der Waals surface area contributed by atoms with Crippen LogP contribution in [0.25, 0.3) is 6.08 Å². The van der Waals surface area contributed by atoms with Crippen LogP contribution in [0.1, 0.15) is 55.5 Å². The fourth-order valence-corrected chi connectivity index (χ4v) is 9.38. The number of benzene rings is 2.